The highest BCUT2D eigenvalue weighted by Gasteiger charge is 2.05. The maximum Gasteiger partial charge on any atom is 0.335 e. The van der Waals surface area contributed by atoms with Crippen molar-refractivity contribution < 1.29 is 24.2 Å². The molecule has 0 fully saturated rings. The molecule has 5 heteroatoms. The van der Waals surface area contributed by atoms with Gasteiger partial charge in [0, 0.05) is 5.57 Å². The van der Waals surface area contributed by atoms with Gasteiger partial charge in [-0.05, 0) is 25.1 Å². The van der Waals surface area contributed by atoms with Crippen molar-refractivity contribution in [2.75, 3.05) is 13.2 Å². The molecular formula is C13H14O5. The second-order valence-electron chi connectivity index (χ2n) is 3.60. The Morgan fingerprint density at radius 3 is 2.67 bits per heavy atom. The van der Waals surface area contributed by atoms with E-state index in [1.54, 1.807) is 19.1 Å². The minimum Gasteiger partial charge on any atom is -0.490 e. The monoisotopic (exact) mass is 250 g/mol. The summed E-state index contributed by atoms with van der Waals surface area (Å²) in [5.74, 6) is -1.08. The van der Waals surface area contributed by atoms with Crippen LogP contribution < -0.4 is 4.74 Å². The predicted octanol–water partition coefficient (Wildman–Crippen LogP) is 1.88. The summed E-state index contributed by atoms with van der Waals surface area (Å²) in [6.07, 6.45) is 0. The number of carbonyl (C=O) groups is 2. The van der Waals surface area contributed by atoms with Gasteiger partial charge in [-0.2, -0.15) is 0 Å². The third-order valence-corrected chi connectivity index (χ3v) is 2.01. The molecule has 0 unspecified atom stereocenters. The zero-order chi connectivity index (χ0) is 13.5. The van der Waals surface area contributed by atoms with Gasteiger partial charge in [0.05, 0.1) is 5.56 Å². The summed E-state index contributed by atoms with van der Waals surface area (Å²) in [5, 5.41) is 8.78. The molecule has 5 nitrogen and oxygen atoms in total. The molecule has 96 valence electrons. The fourth-order valence-electron chi connectivity index (χ4n) is 1.14. The van der Waals surface area contributed by atoms with Crippen LogP contribution in [0.1, 0.15) is 17.3 Å². The number of esters is 1. The molecule has 0 aliphatic carbocycles. The van der Waals surface area contributed by atoms with E-state index in [2.05, 4.69) is 6.58 Å². The van der Waals surface area contributed by atoms with Gasteiger partial charge in [0.2, 0.25) is 0 Å². The molecule has 0 aliphatic heterocycles. The number of carboxylic acid groups (broad SMARTS) is 1. The highest BCUT2D eigenvalue weighted by molar-refractivity contribution is 5.88. The Labute approximate surface area is 105 Å². The Hall–Kier alpha value is -2.30. The molecule has 0 heterocycles. The van der Waals surface area contributed by atoms with Crippen molar-refractivity contribution in [1.29, 1.82) is 0 Å². The topological polar surface area (TPSA) is 72.8 Å². The fourth-order valence-corrected chi connectivity index (χ4v) is 1.14. The summed E-state index contributed by atoms with van der Waals surface area (Å²) in [6, 6.07) is 6.09. The van der Waals surface area contributed by atoms with Crippen molar-refractivity contribution in [2.24, 2.45) is 0 Å². The van der Waals surface area contributed by atoms with Gasteiger partial charge in [-0.25, -0.2) is 9.59 Å². The van der Waals surface area contributed by atoms with Crippen LogP contribution in [0.15, 0.2) is 36.4 Å². The summed E-state index contributed by atoms with van der Waals surface area (Å²) in [6.45, 7) is 5.24. The van der Waals surface area contributed by atoms with Gasteiger partial charge in [-0.15, -0.1) is 0 Å². The Kier molecular flexibility index (Phi) is 4.92. The smallest absolute Gasteiger partial charge is 0.335 e. The van der Waals surface area contributed by atoms with Crippen molar-refractivity contribution in [1.82, 2.24) is 0 Å². The number of rotatable bonds is 6. The minimum absolute atomic E-state index is 0.0863. The van der Waals surface area contributed by atoms with Crippen molar-refractivity contribution in [3.63, 3.8) is 0 Å². The molecule has 1 aromatic carbocycles. The Morgan fingerprint density at radius 2 is 2.06 bits per heavy atom. The summed E-state index contributed by atoms with van der Waals surface area (Å²) in [5.41, 5.74) is 0.467. The van der Waals surface area contributed by atoms with Crippen molar-refractivity contribution in [3.8, 4) is 5.75 Å². The van der Waals surface area contributed by atoms with Gasteiger partial charge in [0.1, 0.15) is 19.0 Å². The van der Waals surface area contributed by atoms with Crippen LogP contribution in [0.3, 0.4) is 0 Å². The maximum atomic E-state index is 11.0. The summed E-state index contributed by atoms with van der Waals surface area (Å²) >= 11 is 0. The Balaban J connectivity index is 2.40. The summed E-state index contributed by atoms with van der Waals surface area (Å²) < 4.78 is 10.1. The highest BCUT2D eigenvalue weighted by Crippen LogP contribution is 2.13. The predicted molar refractivity (Wildman–Crippen MR) is 64.7 cm³/mol. The first-order valence-electron chi connectivity index (χ1n) is 5.29. The number of carbonyl (C=O) groups excluding carboxylic acids is 1. The zero-order valence-electron chi connectivity index (χ0n) is 10.0. The Bertz CT molecular complexity index is 464. The van der Waals surface area contributed by atoms with Gasteiger partial charge in [-0.1, -0.05) is 12.6 Å². The second kappa shape index (κ2) is 6.44. The van der Waals surface area contributed by atoms with E-state index in [0.717, 1.165) is 0 Å². The maximum absolute atomic E-state index is 11.0. The third kappa shape index (κ3) is 4.29. The first-order valence-corrected chi connectivity index (χ1v) is 5.29. The largest absolute Gasteiger partial charge is 0.490 e. The van der Waals surface area contributed by atoms with Crippen molar-refractivity contribution in [2.45, 2.75) is 6.92 Å². The number of aromatic carboxylic acids is 1. The van der Waals surface area contributed by atoms with Gasteiger partial charge >= 0.3 is 11.9 Å². The van der Waals surface area contributed by atoms with Crippen molar-refractivity contribution in [3.05, 3.63) is 42.0 Å². The van der Waals surface area contributed by atoms with E-state index in [9.17, 15) is 9.59 Å². The van der Waals surface area contributed by atoms with E-state index in [-0.39, 0.29) is 18.8 Å². The second-order valence-corrected chi connectivity index (χ2v) is 3.60. The van der Waals surface area contributed by atoms with Crippen LogP contribution in [-0.4, -0.2) is 30.3 Å². The lowest BCUT2D eigenvalue weighted by Gasteiger charge is -2.07. The lowest BCUT2D eigenvalue weighted by molar-refractivity contribution is -0.139. The van der Waals surface area contributed by atoms with E-state index in [1.165, 1.54) is 12.1 Å². The van der Waals surface area contributed by atoms with E-state index < -0.39 is 11.9 Å². The van der Waals surface area contributed by atoms with Crippen LogP contribution in [0.4, 0.5) is 0 Å². The molecule has 1 N–H and O–H groups in total. The van der Waals surface area contributed by atoms with Crippen LogP contribution in [-0.2, 0) is 9.53 Å². The van der Waals surface area contributed by atoms with Gasteiger partial charge in [-0.3, -0.25) is 0 Å². The average molecular weight is 250 g/mol. The van der Waals surface area contributed by atoms with Crippen LogP contribution in [0.2, 0.25) is 0 Å². The first kappa shape index (κ1) is 13.8. The molecule has 1 rings (SSSR count). The summed E-state index contributed by atoms with van der Waals surface area (Å²) in [7, 11) is 0. The Morgan fingerprint density at radius 1 is 1.33 bits per heavy atom. The lowest BCUT2D eigenvalue weighted by atomic mass is 10.2. The molecule has 1 aromatic rings. The van der Waals surface area contributed by atoms with E-state index in [0.29, 0.717) is 11.3 Å². The van der Waals surface area contributed by atoms with Crippen LogP contribution >= 0.6 is 0 Å². The standard InChI is InChI=1S/C13H14O5/c1-9(2)13(16)18-7-6-17-11-5-3-4-10(8-11)12(14)15/h3-5,8H,1,6-7H2,2H3,(H,14,15). The molecule has 0 bridgehead atoms. The minimum atomic E-state index is -1.02. The molecule has 0 spiro atoms. The molecule has 0 atom stereocenters. The molecule has 0 aliphatic rings. The molecule has 0 radical (unpaired) electrons. The van der Waals surface area contributed by atoms with Crippen molar-refractivity contribution >= 4 is 11.9 Å². The van der Waals surface area contributed by atoms with Gasteiger partial charge < -0.3 is 14.6 Å². The van der Waals surface area contributed by atoms with E-state index in [4.69, 9.17) is 14.6 Å². The number of carboxylic acids is 1. The third-order valence-electron chi connectivity index (χ3n) is 2.01. The average Bonchev–Trinajstić information content (AvgIpc) is 2.34. The van der Waals surface area contributed by atoms with Crippen LogP contribution in [0.25, 0.3) is 0 Å². The normalized spacial score (nSPS) is 9.61. The molecular weight excluding hydrogens is 236 g/mol. The summed E-state index contributed by atoms with van der Waals surface area (Å²) in [4.78, 5) is 21.8. The first-order chi connectivity index (χ1) is 8.50. The number of hydrogen-bond donors (Lipinski definition) is 1. The number of ether oxygens (including phenoxy) is 2. The highest BCUT2D eigenvalue weighted by atomic mass is 16.6. The quantitative estimate of drug-likeness (QED) is 0.474. The van der Waals surface area contributed by atoms with Crippen LogP contribution in [0.5, 0.6) is 5.75 Å². The molecule has 0 amide bonds. The van der Waals surface area contributed by atoms with E-state index in [1.807, 2.05) is 0 Å². The molecule has 18 heavy (non-hydrogen) atoms. The lowest BCUT2D eigenvalue weighted by Crippen LogP contribution is -2.12. The molecule has 0 saturated carbocycles. The SMILES string of the molecule is C=C(C)C(=O)OCCOc1cccc(C(=O)O)c1. The van der Waals surface area contributed by atoms with Crippen LogP contribution in [0, 0.1) is 0 Å². The number of hydrogen-bond acceptors (Lipinski definition) is 4. The van der Waals surface area contributed by atoms with Gasteiger partial charge in [0.15, 0.2) is 0 Å². The van der Waals surface area contributed by atoms with E-state index >= 15 is 0 Å². The molecule has 0 aromatic heterocycles. The number of benzene rings is 1. The van der Waals surface area contributed by atoms with Gasteiger partial charge in [0.25, 0.3) is 0 Å². The fraction of sp³-hybridized carbons (Fsp3) is 0.231. The zero-order valence-corrected chi connectivity index (χ0v) is 10.0. The molecule has 0 saturated heterocycles.